The summed E-state index contributed by atoms with van der Waals surface area (Å²) in [6, 6.07) is 4.00. The fourth-order valence-electron chi connectivity index (χ4n) is 3.94. The third-order valence-electron chi connectivity index (χ3n) is 5.14. The van der Waals surface area contributed by atoms with Crippen molar-refractivity contribution in [2.45, 2.75) is 59.0 Å². The standard InChI is InChI=1S/C20H27NO3/c1-13(2)9-18(23)21-7-5-20(6-8-21)12-16(22)19-15(4)10-14(3)11-17(19)24-20/h10-11,13H,5-9,12H2,1-4H3. The van der Waals surface area contributed by atoms with Crippen LogP contribution in [0.1, 0.15) is 61.0 Å². The van der Waals surface area contributed by atoms with E-state index >= 15 is 0 Å². The number of Topliss-reactive ketones (excluding diaryl/α,β-unsaturated/α-hetero) is 1. The summed E-state index contributed by atoms with van der Waals surface area (Å²) in [5, 5.41) is 0. The van der Waals surface area contributed by atoms with Gasteiger partial charge < -0.3 is 9.64 Å². The Morgan fingerprint density at radius 2 is 1.92 bits per heavy atom. The van der Waals surface area contributed by atoms with Gasteiger partial charge in [-0.25, -0.2) is 0 Å². The zero-order valence-corrected chi connectivity index (χ0v) is 15.1. The van der Waals surface area contributed by atoms with Crippen molar-refractivity contribution in [3.63, 3.8) is 0 Å². The Balaban J connectivity index is 1.75. The maximum atomic E-state index is 12.7. The molecule has 0 bridgehead atoms. The molecule has 0 saturated carbocycles. The van der Waals surface area contributed by atoms with Gasteiger partial charge in [-0.05, 0) is 37.0 Å². The molecular formula is C20H27NO3. The van der Waals surface area contributed by atoms with E-state index in [4.69, 9.17) is 4.74 Å². The number of benzene rings is 1. The number of aryl methyl sites for hydroxylation is 2. The van der Waals surface area contributed by atoms with Crippen molar-refractivity contribution in [3.05, 3.63) is 28.8 Å². The number of piperidine rings is 1. The van der Waals surface area contributed by atoms with Gasteiger partial charge in [-0.2, -0.15) is 0 Å². The second-order valence-corrected chi connectivity index (χ2v) is 7.82. The average Bonchev–Trinajstić information content (AvgIpc) is 2.45. The number of nitrogens with zero attached hydrogens (tertiary/aromatic N) is 1. The Morgan fingerprint density at radius 1 is 1.25 bits per heavy atom. The summed E-state index contributed by atoms with van der Waals surface area (Å²) in [5.74, 6) is 1.49. The Kier molecular flexibility index (Phi) is 4.41. The predicted molar refractivity (Wildman–Crippen MR) is 93.5 cm³/mol. The third-order valence-corrected chi connectivity index (χ3v) is 5.14. The summed E-state index contributed by atoms with van der Waals surface area (Å²) in [6.07, 6.45) is 2.48. The molecule has 130 valence electrons. The molecule has 0 aliphatic carbocycles. The van der Waals surface area contributed by atoms with E-state index in [9.17, 15) is 9.59 Å². The fourth-order valence-corrected chi connectivity index (χ4v) is 3.94. The highest BCUT2D eigenvalue weighted by Crippen LogP contribution is 2.41. The van der Waals surface area contributed by atoms with Crippen molar-refractivity contribution in [3.8, 4) is 5.75 Å². The van der Waals surface area contributed by atoms with Crippen LogP contribution in [0.15, 0.2) is 12.1 Å². The highest BCUT2D eigenvalue weighted by atomic mass is 16.5. The maximum Gasteiger partial charge on any atom is 0.222 e. The van der Waals surface area contributed by atoms with Gasteiger partial charge in [-0.15, -0.1) is 0 Å². The van der Waals surface area contributed by atoms with Gasteiger partial charge in [0.15, 0.2) is 5.78 Å². The molecule has 0 N–H and O–H groups in total. The summed E-state index contributed by atoms with van der Waals surface area (Å²) < 4.78 is 6.34. The molecule has 4 heteroatoms. The second kappa shape index (κ2) is 6.23. The molecule has 0 radical (unpaired) electrons. The minimum Gasteiger partial charge on any atom is -0.486 e. The molecular weight excluding hydrogens is 302 g/mol. The molecule has 2 aliphatic rings. The normalized spacial score (nSPS) is 19.4. The summed E-state index contributed by atoms with van der Waals surface area (Å²) >= 11 is 0. The number of amides is 1. The fraction of sp³-hybridized carbons (Fsp3) is 0.600. The summed E-state index contributed by atoms with van der Waals surface area (Å²) in [6.45, 7) is 9.48. The van der Waals surface area contributed by atoms with Crippen molar-refractivity contribution in [1.29, 1.82) is 0 Å². The Labute approximate surface area is 144 Å². The van der Waals surface area contributed by atoms with E-state index in [2.05, 4.69) is 13.8 Å². The molecule has 4 nitrogen and oxygen atoms in total. The smallest absolute Gasteiger partial charge is 0.222 e. The van der Waals surface area contributed by atoms with Crippen molar-refractivity contribution in [1.82, 2.24) is 4.90 Å². The highest BCUT2D eigenvalue weighted by molar-refractivity contribution is 6.01. The number of fused-ring (bicyclic) bond motifs is 1. The Bertz CT molecular complexity index is 670. The molecule has 0 atom stereocenters. The highest BCUT2D eigenvalue weighted by Gasteiger charge is 2.44. The molecule has 1 fully saturated rings. The van der Waals surface area contributed by atoms with Crippen LogP contribution in [0, 0.1) is 19.8 Å². The predicted octanol–water partition coefficient (Wildman–Crippen LogP) is 3.68. The summed E-state index contributed by atoms with van der Waals surface area (Å²) in [5.41, 5.74) is 2.42. The van der Waals surface area contributed by atoms with Crippen molar-refractivity contribution < 1.29 is 14.3 Å². The van der Waals surface area contributed by atoms with Crippen molar-refractivity contribution in [2.75, 3.05) is 13.1 Å². The Hall–Kier alpha value is -1.84. The van der Waals surface area contributed by atoms with Crippen LogP contribution in [-0.4, -0.2) is 35.3 Å². The van der Waals surface area contributed by atoms with Gasteiger partial charge >= 0.3 is 0 Å². The number of carbonyl (C=O) groups is 2. The maximum absolute atomic E-state index is 12.7. The largest absolute Gasteiger partial charge is 0.486 e. The molecule has 0 aromatic heterocycles. The van der Waals surface area contributed by atoms with Crippen LogP contribution in [0.5, 0.6) is 5.75 Å². The lowest BCUT2D eigenvalue weighted by Gasteiger charge is -2.44. The van der Waals surface area contributed by atoms with Gasteiger partial charge in [0.05, 0.1) is 12.0 Å². The third kappa shape index (κ3) is 3.19. The lowest BCUT2D eigenvalue weighted by atomic mass is 9.81. The van der Waals surface area contributed by atoms with E-state index in [1.807, 2.05) is 30.9 Å². The molecule has 1 saturated heterocycles. The topological polar surface area (TPSA) is 46.6 Å². The van der Waals surface area contributed by atoms with E-state index in [1.165, 1.54) is 0 Å². The quantitative estimate of drug-likeness (QED) is 0.831. The number of rotatable bonds is 2. The van der Waals surface area contributed by atoms with Gasteiger partial charge in [-0.1, -0.05) is 19.9 Å². The van der Waals surface area contributed by atoms with Gasteiger partial charge in [0.2, 0.25) is 5.91 Å². The number of likely N-dealkylation sites (tertiary alicyclic amines) is 1. The lowest BCUT2D eigenvalue weighted by molar-refractivity contribution is -0.135. The van der Waals surface area contributed by atoms with E-state index in [1.54, 1.807) is 0 Å². The zero-order valence-electron chi connectivity index (χ0n) is 15.1. The molecule has 0 unspecified atom stereocenters. The molecule has 1 spiro atoms. The molecule has 24 heavy (non-hydrogen) atoms. The Morgan fingerprint density at radius 3 is 2.54 bits per heavy atom. The van der Waals surface area contributed by atoms with E-state index in [0.717, 1.165) is 35.3 Å². The van der Waals surface area contributed by atoms with E-state index in [-0.39, 0.29) is 11.7 Å². The first-order valence-corrected chi connectivity index (χ1v) is 8.91. The summed E-state index contributed by atoms with van der Waals surface area (Å²) in [7, 11) is 0. The SMILES string of the molecule is Cc1cc(C)c2c(c1)OC1(CCN(C(=O)CC(C)C)CC1)CC2=O. The number of ketones is 1. The van der Waals surface area contributed by atoms with Gasteiger partial charge in [0.25, 0.3) is 0 Å². The monoisotopic (exact) mass is 329 g/mol. The average molecular weight is 329 g/mol. The molecule has 2 heterocycles. The van der Waals surface area contributed by atoms with Crippen LogP contribution in [0.2, 0.25) is 0 Å². The number of hydrogen-bond acceptors (Lipinski definition) is 3. The first-order chi connectivity index (χ1) is 11.3. The molecule has 1 amide bonds. The lowest BCUT2D eigenvalue weighted by Crippen LogP contribution is -2.52. The first kappa shape index (κ1) is 17.0. The molecule has 1 aromatic carbocycles. The van der Waals surface area contributed by atoms with Gasteiger partial charge in [0.1, 0.15) is 11.4 Å². The molecule has 2 aliphatic heterocycles. The second-order valence-electron chi connectivity index (χ2n) is 7.82. The van der Waals surface area contributed by atoms with Crippen LogP contribution in [-0.2, 0) is 4.79 Å². The van der Waals surface area contributed by atoms with Gasteiger partial charge in [-0.3, -0.25) is 9.59 Å². The van der Waals surface area contributed by atoms with Crippen LogP contribution in [0.4, 0.5) is 0 Å². The van der Waals surface area contributed by atoms with Crippen LogP contribution in [0.3, 0.4) is 0 Å². The zero-order chi connectivity index (χ0) is 17.5. The minimum absolute atomic E-state index is 0.177. The van der Waals surface area contributed by atoms with E-state index in [0.29, 0.717) is 31.8 Å². The molecule has 3 rings (SSSR count). The van der Waals surface area contributed by atoms with Crippen molar-refractivity contribution >= 4 is 11.7 Å². The number of hydrogen-bond donors (Lipinski definition) is 0. The van der Waals surface area contributed by atoms with Gasteiger partial charge in [0, 0.05) is 32.4 Å². The van der Waals surface area contributed by atoms with Crippen molar-refractivity contribution in [2.24, 2.45) is 5.92 Å². The summed E-state index contributed by atoms with van der Waals surface area (Å²) in [4.78, 5) is 26.9. The van der Waals surface area contributed by atoms with E-state index < -0.39 is 5.60 Å². The minimum atomic E-state index is -0.432. The number of ether oxygens (including phenoxy) is 1. The number of carbonyl (C=O) groups excluding carboxylic acids is 2. The molecule has 1 aromatic rings. The van der Waals surface area contributed by atoms with Crippen LogP contribution in [0.25, 0.3) is 0 Å². The van der Waals surface area contributed by atoms with Crippen LogP contribution < -0.4 is 4.74 Å². The van der Waals surface area contributed by atoms with Crippen LogP contribution >= 0.6 is 0 Å². The first-order valence-electron chi connectivity index (χ1n) is 8.91.